The SMILES string of the molecule is C=Nc1cnccc1C(=O)N(C)Cc1nc(C2CC(F)(c3ccc(Cl)cc3)C2)no1. The molecule has 1 amide bonds. The lowest BCUT2D eigenvalue weighted by molar-refractivity contribution is 0.0336. The number of rotatable bonds is 6. The number of alkyl halides is 1. The minimum atomic E-state index is -1.42. The predicted octanol–water partition coefficient (Wildman–Crippen LogP) is 4.46. The van der Waals surface area contributed by atoms with E-state index in [4.69, 9.17) is 16.1 Å². The van der Waals surface area contributed by atoms with Crippen LogP contribution in [-0.4, -0.2) is 39.7 Å². The molecule has 0 aliphatic heterocycles. The number of hydrogen-bond acceptors (Lipinski definition) is 6. The molecule has 1 saturated carbocycles. The molecule has 1 fully saturated rings. The summed E-state index contributed by atoms with van der Waals surface area (Å²) >= 11 is 5.88. The van der Waals surface area contributed by atoms with Crippen molar-refractivity contribution in [3.8, 4) is 0 Å². The first kappa shape index (κ1) is 20.2. The zero-order valence-electron chi connectivity index (χ0n) is 16.3. The van der Waals surface area contributed by atoms with Crippen molar-refractivity contribution >= 4 is 29.9 Å². The molecule has 30 heavy (non-hydrogen) atoms. The molecule has 0 radical (unpaired) electrons. The highest BCUT2D eigenvalue weighted by Crippen LogP contribution is 2.53. The average Bonchev–Trinajstić information content (AvgIpc) is 3.19. The first-order chi connectivity index (χ1) is 14.4. The molecule has 0 spiro atoms. The Kier molecular flexibility index (Phi) is 5.34. The lowest BCUT2D eigenvalue weighted by atomic mass is 9.68. The number of halogens is 2. The Labute approximate surface area is 177 Å². The number of amides is 1. The number of nitrogens with zero attached hydrogens (tertiary/aromatic N) is 5. The number of hydrogen-bond donors (Lipinski definition) is 0. The van der Waals surface area contributed by atoms with E-state index in [1.165, 1.54) is 17.3 Å². The van der Waals surface area contributed by atoms with Crippen LogP contribution < -0.4 is 0 Å². The quantitative estimate of drug-likeness (QED) is 0.542. The van der Waals surface area contributed by atoms with Gasteiger partial charge in [0.15, 0.2) is 5.82 Å². The smallest absolute Gasteiger partial charge is 0.256 e. The largest absolute Gasteiger partial charge is 0.337 e. The summed E-state index contributed by atoms with van der Waals surface area (Å²) in [5.41, 5.74) is -0.0396. The van der Waals surface area contributed by atoms with E-state index in [2.05, 4.69) is 26.8 Å². The minimum Gasteiger partial charge on any atom is -0.337 e. The Hall–Kier alpha value is -3.13. The van der Waals surface area contributed by atoms with E-state index in [0.29, 0.717) is 27.7 Å². The second-order valence-corrected chi connectivity index (χ2v) is 7.77. The maximum absolute atomic E-state index is 15.1. The van der Waals surface area contributed by atoms with Crippen LogP contribution in [0.25, 0.3) is 0 Å². The van der Waals surface area contributed by atoms with Gasteiger partial charge in [-0.1, -0.05) is 28.9 Å². The molecular formula is C21H19ClFN5O2. The average molecular weight is 428 g/mol. The summed E-state index contributed by atoms with van der Waals surface area (Å²) in [4.78, 5) is 26.2. The lowest BCUT2D eigenvalue weighted by Gasteiger charge is -2.40. The second kappa shape index (κ2) is 7.95. The minimum absolute atomic E-state index is 0.120. The van der Waals surface area contributed by atoms with Crippen molar-refractivity contribution in [2.75, 3.05) is 7.05 Å². The number of carbonyl (C=O) groups excluding carboxylic acids is 1. The van der Waals surface area contributed by atoms with E-state index < -0.39 is 5.67 Å². The molecule has 154 valence electrons. The van der Waals surface area contributed by atoms with Gasteiger partial charge in [-0.05, 0) is 43.3 Å². The molecule has 1 aromatic carbocycles. The number of carbonyl (C=O) groups is 1. The van der Waals surface area contributed by atoms with Crippen molar-refractivity contribution in [3.05, 3.63) is 70.6 Å². The Morgan fingerprint density at radius 3 is 2.80 bits per heavy atom. The highest BCUT2D eigenvalue weighted by Gasteiger charge is 2.48. The third kappa shape index (κ3) is 3.82. The molecule has 9 heteroatoms. The standard InChI is InChI=1S/C21H19ClFN5O2/c1-24-17-11-25-8-7-16(17)20(29)28(2)12-18-26-19(27-30-18)13-9-21(23,10-13)14-3-5-15(22)6-4-14/h3-8,11,13H,1,9-10,12H2,2H3. The van der Waals surface area contributed by atoms with Gasteiger partial charge in [0.1, 0.15) is 5.67 Å². The molecular weight excluding hydrogens is 409 g/mol. The molecule has 2 aromatic heterocycles. The summed E-state index contributed by atoms with van der Waals surface area (Å²) in [6, 6.07) is 8.34. The van der Waals surface area contributed by atoms with Gasteiger partial charge in [-0.3, -0.25) is 14.8 Å². The van der Waals surface area contributed by atoms with Crippen LogP contribution in [0.5, 0.6) is 0 Å². The number of benzene rings is 1. The number of aliphatic imine (C=N–C) groups is 1. The highest BCUT2D eigenvalue weighted by atomic mass is 35.5. The third-order valence-electron chi connectivity index (χ3n) is 5.27. The van der Waals surface area contributed by atoms with Gasteiger partial charge in [-0.15, -0.1) is 0 Å². The van der Waals surface area contributed by atoms with Crippen LogP contribution in [0.2, 0.25) is 5.02 Å². The van der Waals surface area contributed by atoms with Gasteiger partial charge in [-0.2, -0.15) is 4.98 Å². The fourth-order valence-electron chi connectivity index (χ4n) is 3.56. The molecule has 2 heterocycles. The summed E-state index contributed by atoms with van der Waals surface area (Å²) in [6.45, 7) is 3.58. The van der Waals surface area contributed by atoms with E-state index in [1.807, 2.05) is 0 Å². The van der Waals surface area contributed by atoms with Gasteiger partial charge < -0.3 is 9.42 Å². The van der Waals surface area contributed by atoms with Crippen LogP contribution >= 0.6 is 11.6 Å². The van der Waals surface area contributed by atoms with E-state index in [-0.39, 0.29) is 37.1 Å². The van der Waals surface area contributed by atoms with Gasteiger partial charge in [0.25, 0.3) is 5.91 Å². The zero-order chi connectivity index (χ0) is 21.3. The summed E-state index contributed by atoms with van der Waals surface area (Å²) in [5.74, 6) is 0.325. The number of pyridine rings is 1. The molecule has 0 N–H and O–H groups in total. The second-order valence-electron chi connectivity index (χ2n) is 7.34. The first-order valence-electron chi connectivity index (χ1n) is 9.33. The van der Waals surface area contributed by atoms with Crippen LogP contribution in [-0.2, 0) is 12.2 Å². The fourth-order valence-corrected chi connectivity index (χ4v) is 3.69. The fraction of sp³-hybridized carbons (Fsp3) is 0.286. The third-order valence-corrected chi connectivity index (χ3v) is 5.52. The Balaban J connectivity index is 1.40. The molecule has 0 bridgehead atoms. The maximum atomic E-state index is 15.1. The molecule has 1 aliphatic carbocycles. The van der Waals surface area contributed by atoms with Crippen LogP contribution in [0.4, 0.5) is 10.1 Å². The lowest BCUT2D eigenvalue weighted by Crippen LogP contribution is -2.36. The van der Waals surface area contributed by atoms with Crippen LogP contribution in [0, 0.1) is 0 Å². The predicted molar refractivity (Wildman–Crippen MR) is 110 cm³/mol. The van der Waals surface area contributed by atoms with E-state index in [1.54, 1.807) is 37.4 Å². The molecule has 0 saturated heterocycles. The first-order valence-corrected chi connectivity index (χ1v) is 9.71. The topological polar surface area (TPSA) is 84.5 Å². The zero-order valence-corrected chi connectivity index (χ0v) is 17.0. The molecule has 3 aromatic rings. The van der Waals surface area contributed by atoms with Gasteiger partial charge in [-0.25, -0.2) is 4.39 Å². The summed E-state index contributed by atoms with van der Waals surface area (Å²) in [7, 11) is 1.62. The van der Waals surface area contributed by atoms with Crippen molar-refractivity contribution in [2.24, 2.45) is 4.99 Å². The maximum Gasteiger partial charge on any atom is 0.256 e. The van der Waals surface area contributed by atoms with Gasteiger partial charge >= 0.3 is 0 Å². The van der Waals surface area contributed by atoms with Gasteiger partial charge in [0, 0.05) is 24.2 Å². The molecule has 1 aliphatic rings. The Morgan fingerprint density at radius 2 is 2.10 bits per heavy atom. The molecule has 0 atom stereocenters. The monoisotopic (exact) mass is 427 g/mol. The van der Waals surface area contributed by atoms with Crippen LogP contribution in [0.1, 0.15) is 46.4 Å². The van der Waals surface area contributed by atoms with E-state index in [0.717, 1.165) is 0 Å². The Morgan fingerprint density at radius 1 is 1.37 bits per heavy atom. The van der Waals surface area contributed by atoms with Gasteiger partial charge in [0.2, 0.25) is 5.89 Å². The molecule has 0 unspecified atom stereocenters. The number of aromatic nitrogens is 3. The summed E-state index contributed by atoms with van der Waals surface area (Å²) in [6.07, 6.45) is 3.53. The normalized spacial score (nSPS) is 20.4. The van der Waals surface area contributed by atoms with Crippen molar-refractivity contribution in [1.82, 2.24) is 20.0 Å². The summed E-state index contributed by atoms with van der Waals surface area (Å²) in [5, 5.41) is 4.55. The van der Waals surface area contributed by atoms with Crippen molar-refractivity contribution in [1.29, 1.82) is 0 Å². The Bertz CT molecular complexity index is 1080. The molecule has 4 rings (SSSR count). The highest BCUT2D eigenvalue weighted by molar-refractivity contribution is 6.30. The van der Waals surface area contributed by atoms with E-state index in [9.17, 15) is 4.79 Å². The molecule has 7 nitrogen and oxygen atoms in total. The summed E-state index contributed by atoms with van der Waals surface area (Å²) < 4.78 is 20.4. The van der Waals surface area contributed by atoms with Crippen molar-refractivity contribution in [3.63, 3.8) is 0 Å². The van der Waals surface area contributed by atoms with E-state index >= 15 is 4.39 Å². The van der Waals surface area contributed by atoms with Gasteiger partial charge in [0.05, 0.1) is 24.0 Å². The van der Waals surface area contributed by atoms with Crippen LogP contribution in [0.3, 0.4) is 0 Å². The van der Waals surface area contributed by atoms with Crippen molar-refractivity contribution in [2.45, 2.75) is 31.0 Å². The van der Waals surface area contributed by atoms with Crippen molar-refractivity contribution < 1.29 is 13.7 Å². The van der Waals surface area contributed by atoms with Crippen LogP contribution in [0.15, 0.2) is 52.2 Å².